The highest BCUT2D eigenvalue weighted by atomic mass is 16.3. The van der Waals surface area contributed by atoms with Crippen molar-refractivity contribution in [1.82, 2.24) is 24.9 Å². The van der Waals surface area contributed by atoms with Crippen LogP contribution in [0, 0.1) is 5.92 Å². The molecule has 0 saturated carbocycles. The normalized spacial score (nSPS) is 19.9. The number of fused-ring (bicyclic) bond motifs is 1. The SMILES string of the molecule is CCCC(Nc1cc(NCC2CCNCC2O)nc2c(C(C)C)cnn12)c1ccncc1. The molecule has 4 N–H and O–H groups in total. The summed E-state index contributed by atoms with van der Waals surface area (Å²) in [5, 5.41) is 25.4. The topological polar surface area (TPSA) is 99.4 Å². The summed E-state index contributed by atoms with van der Waals surface area (Å²) >= 11 is 0. The maximum absolute atomic E-state index is 10.3. The Bertz CT molecular complexity index is 1000. The van der Waals surface area contributed by atoms with E-state index in [0.717, 1.165) is 48.7 Å². The fraction of sp³-hybridized carbons (Fsp3) is 0.542. The third-order valence-electron chi connectivity index (χ3n) is 6.26. The monoisotopic (exact) mass is 437 g/mol. The largest absolute Gasteiger partial charge is 0.391 e. The lowest BCUT2D eigenvalue weighted by Crippen LogP contribution is -2.43. The number of anilines is 2. The molecule has 0 bridgehead atoms. The average molecular weight is 438 g/mol. The standard InChI is InChI=1S/C24H35N7O/c1-4-5-20(17-6-9-25-10-7-17)29-23-12-22(27-13-18-8-11-26-15-21(18)32)30-24-19(16(2)3)14-28-31(23)24/h6-7,9-10,12,14,16,18,20-21,26,29,32H,4-5,8,11,13,15H2,1-3H3,(H,27,30). The van der Waals surface area contributed by atoms with Crippen molar-refractivity contribution in [1.29, 1.82) is 0 Å². The van der Waals surface area contributed by atoms with Crippen molar-refractivity contribution in [2.75, 3.05) is 30.3 Å². The Morgan fingerprint density at radius 2 is 2.09 bits per heavy atom. The van der Waals surface area contributed by atoms with Gasteiger partial charge in [0.15, 0.2) is 5.65 Å². The molecule has 0 aromatic carbocycles. The summed E-state index contributed by atoms with van der Waals surface area (Å²) in [7, 11) is 0. The van der Waals surface area contributed by atoms with Gasteiger partial charge in [-0.15, -0.1) is 0 Å². The minimum absolute atomic E-state index is 0.152. The molecule has 1 aliphatic heterocycles. The van der Waals surface area contributed by atoms with Crippen LogP contribution in [0.2, 0.25) is 0 Å². The smallest absolute Gasteiger partial charge is 0.163 e. The summed E-state index contributed by atoms with van der Waals surface area (Å²) in [5.74, 6) is 2.24. The van der Waals surface area contributed by atoms with Crippen LogP contribution in [0.5, 0.6) is 0 Å². The number of nitrogens with zero attached hydrogens (tertiary/aromatic N) is 4. The minimum Gasteiger partial charge on any atom is -0.391 e. The van der Waals surface area contributed by atoms with Crippen LogP contribution in [0.4, 0.5) is 11.6 Å². The lowest BCUT2D eigenvalue weighted by Gasteiger charge is -2.28. The first-order valence-electron chi connectivity index (χ1n) is 11.7. The first-order valence-corrected chi connectivity index (χ1v) is 11.7. The molecule has 1 aliphatic rings. The Labute approximate surface area is 189 Å². The van der Waals surface area contributed by atoms with Crippen molar-refractivity contribution in [3.63, 3.8) is 0 Å². The summed E-state index contributed by atoms with van der Waals surface area (Å²) in [4.78, 5) is 9.06. The lowest BCUT2D eigenvalue weighted by atomic mass is 9.95. The van der Waals surface area contributed by atoms with E-state index >= 15 is 0 Å². The lowest BCUT2D eigenvalue weighted by molar-refractivity contribution is 0.0883. The van der Waals surface area contributed by atoms with Crippen molar-refractivity contribution < 1.29 is 5.11 Å². The van der Waals surface area contributed by atoms with Crippen molar-refractivity contribution >= 4 is 17.3 Å². The molecule has 0 radical (unpaired) electrons. The molecule has 1 fully saturated rings. The fourth-order valence-electron chi connectivity index (χ4n) is 4.34. The zero-order chi connectivity index (χ0) is 22.5. The molecule has 0 aliphatic carbocycles. The van der Waals surface area contributed by atoms with Crippen LogP contribution < -0.4 is 16.0 Å². The van der Waals surface area contributed by atoms with Crippen molar-refractivity contribution in [2.45, 2.75) is 58.1 Å². The summed E-state index contributed by atoms with van der Waals surface area (Å²) in [5.41, 5.74) is 3.19. The highest BCUT2D eigenvalue weighted by Crippen LogP contribution is 2.28. The van der Waals surface area contributed by atoms with Crippen LogP contribution in [0.25, 0.3) is 5.65 Å². The van der Waals surface area contributed by atoms with Crippen LogP contribution in [-0.2, 0) is 0 Å². The molecule has 3 aromatic rings. The first kappa shape index (κ1) is 22.5. The maximum atomic E-state index is 10.3. The van der Waals surface area contributed by atoms with E-state index in [0.29, 0.717) is 19.0 Å². The molecule has 1 saturated heterocycles. The van der Waals surface area contributed by atoms with Gasteiger partial charge in [-0.3, -0.25) is 4.98 Å². The van der Waals surface area contributed by atoms with Crippen molar-refractivity contribution in [3.8, 4) is 0 Å². The Balaban J connectivity index is 1.65. The molecule has 8 heteroatoms. The number of pyridine rings is 1. The van der Waals surface area contributed by atoms with Crippen LogP contribution in [0.1, 0.15) is 63.1 Å². The van der Waals surface area contributed by atoms with Gasteiger partial charge in [-0.25, -0.2) is 4.98 Å². The van der Waals surface area contributed by atoms with Gasteiger partial charge < -0.3 is 21.1 Å². The van der Waals surface area contributed by atoms with Gasteiger partial charge in [0.25, 0.3) is 0 Å². The zero-order valence-electron chi connectivity index (χ0n) is 19.3. The third kappa shape index (κ3) is 5.02. The van der Waals surface area contributed by atoms with Gasteiger partial charge in [-0.05, 0) is 43.0 Å². The summed E-state index contributed by atoms with van der Waals surface area (Å²) in [6.45, 7) is 8.80. The Morgan fingerprint density at radius 1 is 1.28 bits per heavy atom. The Morgan fingerprint density at radius 3 is 2.81 bits per heavy atom. The number of piperidine rings is 1. The number of hydrogen-bond donors (Lipinski definition) is 4. The number of hydrogen-bond acceptors (Lipinski definition) is 7. The predicted molar refractivity (Wildman–Crippen MR) is 128 cm³/mol. The van der Waals surface area contributed by atoms with Crippen molar-refractivity contribution in [3.05, 3.63) is 47.9 Å². The van der Waals surface area contributed by atoms with Gasteiger partial charge >= 0.3 is 0 Å². The van der Waals surface area contributed by atoms with Crippen LogP contribution in [-0.4, -0.2) is 50.4 Å². The fourth-order valence-corrected chi connectivity index (χ4v) is 4.34. The molecule has 8 nitrogen and oxygen atoms in total. The van der Waals surface area contributed by atoms with E-state index in [-0.39, 0.29) is 18.1 Å². The summed E-state index contributed by atoms with van der Waals surface area (Å²) < 4.78 is 1.91. The van der Waals surface area contributed by atoms with Crippen LogP contribution in [0.15, 0.2) is 36.8 Å². The van der Waals surface area contributed by atoms with E-state index < -0.39 is 0 Å². The molecular formula is C24H35N7O. The number of rotatable bonds is 9. The molecule has 0 amide bonds. The highest BCUT2D eigenvalue weighted by molar-refractivity contribution is 5.61. The average Bonchev–Trinajstić information content (AvgIpc) is 3.23. The number of nitrogens with one attached hydrogen (secondary N) is 3. The van der Waals surface area contributed by atoms with Gasteiger partial charge in [-0.2, -0.15) is 9.61 Å². The van der Waals surface area contributed by atoms with Gasteiger partial charge in [0.2, 0.25) is 0 Å². The summed E-state index contributed by atoms with van der Waals surface area (Å²) in [6.07, 6.45) is 8.26. The quantitative estimate of drug-likeness (QED) is 0.406. The maximum Gasteiger partial charge on any atom is 0.163 e. The second-order valence-electron chi connectivity index (χ2n) is 8.98. The van der Waals surface area contributed by atoms with E-state index in [1.165, 1.54) is 5.56 Å². The molecule has 3 unspecified atom stereocenters. The van der Waals surface area contributed by atoms with Gasteiger partial charge in [0.05, 0.1) is 18.3 Å². The predicted octanol–water partition coefficient (Wildman–Crippen LogP) is 3.58. The van der Waals surface area contributed by atoms with Crippen LogP contribution >= 0.6 is 0 Å². The van der Waals surface area contributed by atoms with Gasteiger partial charge in [0, 0.05) is 43.0 Å². The second-order valence-corrected chi connectivity index (χ2v) is 8.98. The number of β-amino-alcohol motifs (C(OH)–C–C–N with tert-alkyl or cyclic N) is 1. The molecule has 4 heterocycles. The van der Waals surface area contributed by atoms with Gasteiger partial charge in [-0.1, -0.05) is 27.2 Å². The third-order valence-corrected chi connectivity index (χ3v) is 6.26. The molecule has 3 aromatic heterocycles. The number of aliphatic hydroxyl groups excluding tert-OH is 1. The van der Waals surface area contributed by atoms with E-state index in [1.807, 2.05) is 29.2 Å². The Hall–Kier alpha value is -2.71. The molecule has 172 valence electrons. The van der Waals surface area contributed by atoms with E-state index in [9.17, 15) is 5.11 Å². The first-order chi connectivity index (χ1) is 15.6. The second kappa shape index (κ2) is 10.3. The summed E-state index contributed by atoms with van der Waals surface area (Å²) in [6, 6.07) is 6.30. The Kier molecular flexibility index (Phi) is 7.22. The zero-order valence-corrected chi connectivity index (χ0v) is 19.3. The van der Waals surface area contributed by atoms with Gasteiger partial charge in [0.1, 0.15) is 11.6 Å². The van der Waals surface area contributed by atoms with E-state index in [2.05, 4.69) is 58.9 Å². The highest BCUT2D eigenvalue weighted by Gasteiger charge is 2.23. The molecule has 0 spiro atoms. The van der Waals surface area contributed by atoms with E-state index in [1.54, 1.807) is 0 Å². The molecule has 4 rings (SSSR count). The van der Waals surface area contributed by atoms with Crippen LogP contribution in [0.3, 0.4) is 0 Å². The van der Waals surface area contributed by atoms with E-state index in [4.69, 9.17) is 4.98 Å². The molecule has 3 atom stereocenters. The number of aliphatic hydroxyl groups is 1. The minimum atomic E-state index is -0.334. The molecule has 32 heavy (non-hydrogen) atoms. The number of aromatic nitrogens is 4. The van der Waals surface area contributed by atoms with Crippen molar-refractivity contribution in [2.24, 2.45) is 5.92 Å². The molecular weight excluding hydrogens is 402 g/mol.